The van der Waals surface area contributed by atoms with Crippen molar-refractivity contribution in [3.8, 4) is 22.9 Å². The second-order valence-corrected chi connectivity index (χ2v) is 6.62. The third kappa shape index (κ3) is 4.08. The topological polar surface area (TPSA) is 139 Å². The van der Waals surface area contributed by atoms with Crippen LogP contribution in [0, 0.1) is 0 Å². The molecule has 32 heavy (non-hydrogen) atoms. The predicted molar refractivity (Wildman–Crippen MR) is 111 cm³/mol. The summed E-state index contributed by atoms with van der Waals surface area (Å²) in [7, 11) is 3.04. The molecule has 0 amide bonds. The minimum atomic E-state index is -0.764. The van der Waals surface area contributed by atoms with Crippen LogP contribution in [0.25, 0.3) is 22.2 Å². The largest absolute Gasteiger partial charge is 0.497 e. The minimum absolute atomic E-state index is 0.0468. The van der Waals surface area contributed by atoms with Crippen molar-refractivity contribution in [2.24, 2.45) is 0 Å². The molecule has 0 spiro atoms. The zero-order valence-corrected chi connectivity index (χ0v) is 17.2. The van der Waals surface area contributed by atoms with Crippen molar-refractivity contribution in [2.45, 2.75) is 13.2 Å². The van der Waals surface area contributed by atoms with Gasteiger partial charge in [-0.1, -0.05) is 17.3 Å². The quantitative estimate of drug-likeness (QED) is 0.425. The summed E-state index contributed by atoms with van der Waals surface area (Å²) in [4.78, 5) is 41.0. The highest BCUT2D eigenvalue weighted by Crippen LogP contribution is 2.31. The number of ether oxygens (including phenoxy) is 3. The molecule has 4 rings (SSSR count). The highest BCUT2D eigenvalue weighted by Gasteiger charge is 2.16. The molecule has 0 radical (unpaired) electrons. The summed E-state index contributed by atoms with van der Waals surface area (Å²) in [5.41, 5.74) is -0.429. The summed E-state index contributed by atoms with van der Waals surface area (Å²) in [6.45, 7) is -0.789. The molecule has 0 fully saturated rings. The number of methoxy groups -OCH3 is 2. The zero-order chi connectivity index (χ0) is 22.7. The third-order valence-corrected chi connectivity index (χ3v) is 4.65. The molecule has 0 aliphatic carbocycles. The maximum absolute atomic E-state index is 12.5. The molecule has 0 aliphatic rings. The van der Waals surface area contributed by atoms with Crippen LogP contribution in [0.4, 0.5) is 0 Å². The van der Waals surface area contributed by atoms with Crippen LogP contribution in [0.15, 0.2) is 56.6 Å². The van der Waals surface area contributed by atoms with Gasteiger partial charge in [0.2, 0.25) is 5.82 Å². The van der Waals surface area contributed by atoms with Crippen LogP contribution in [0.1, 0.15) is 5.89 Å². The van der Waals surface area contributed by atoms with Crippen LogP contribution < -0.4 is 20.6 Å². The smallest absolute Gasteiger partial charge is 0.328 e. The molecule has 0 aliphatic heterocycles. The molecular formula is C21H18N4O7. The molecule has 1 N–H and O–H groups in total. The summed E-state index contributed by atoms with van der Waals surface area (Å²) in [6, 6.07) is 11.4. The number of nitrogens with one attached hydrogen (secondary N) is 1. The van der Waals surface area contributed by atoms with Gasteiger partial charge in [0.15, 0.2) is 6.61 Å². The second kappa shape index (κ2) is 8.76. The molecule has 2 heterocycles. The Bertz CT molecular complexity index is 1400. The Morgan fingerprint density at radius 1 is 1.09 bits per heavy atom. The first-order valence-electron chi connectivity index (χ1n) is 9.42. The van der Waals surface area contributed by atoms with Gasteiger partial charge >= 0.3 is 5.97 Å². The van der Waals surface area contributed by atoms with E-state index in [2.05, 4.69) is 15.2 Å². The zero-order valence-electron chi connectivity index (χ0n) is 17.2. The minimum Gasteiger partial charge on any atom is -0.497 e. The van der Waals surface area contributed by atoms with Gasteiger partial charge in [-0.25, -0.2) is 4.68 Å². The SMILES string of the molecule is COc1ccc(-c2noc(COC(=O)Cn3[nH]c(=O)c4ccccc4c3=O)n2)c(OC)c1. The highest BCUT2D eigenvalue weighted by atomic mass is 16.6. The number of carbonyl (C=O) groups is 1. The molecule has 2 aromatic carbocycles. The van der Waals surface area contributed by atoms with E-state index in [0.29, 0.717) is 17.1 Å². The Labute approximate surface area is 180 Å². The average Bonchev–Trinajstić information content (AvgIpc) is 3.29. The van der Waals surface area contributed by atoms with Crippen LogP contribution in [0.3, 0.4) is 0 Å². The first-order valence-corrected chi connectivity index (χ1v) is 9.42. The lowest BCUT2D eigenvalue weighted by atomic mass is 10.2. The van der Waals surface area contributed by atoms with Gasteiger partial charge in [-0.05, 0) is 24.3 Å². The lowest BCUT2D eigenvalue weighted by Gasteiger charge is -2.07. The number of fused-ring (bicyclic) bond motifs is 1. The molecule has 0 saturated heterocycles. The summed E-state index contributed by atoms with van der Waals surface area (Å²) in [6.07, 6.45) is 0. The normalized spacial score (nSPS) is 10.8. The van der Waals surface area contributed by atoms with E-state index in [1.807, 2.05) is 0 Å². The number of hydrogen-bond donors (Lipinski definition) is 1. The lowest BCUT2D eigenvalue weighted by molar-refractivity contribution is -0.146. The van der Waals surface area contributed by atoms with Crippen molar-refractivity contribution in [3.05, 3.63) is 69.1 Å². The number of nitrogens with zero attached hydrogens (tertiary/aromatic N) is 3. The number of rotatable bonds is 7. The molecule has 2 aromatic heterocycles. The molecular weight excluding hydrogens is 420 g/mol. The maximum atomic E-state index is 12.5. The third-order valence-electron chi connectivity index (χ3n) is 4.65. The van der Waals surface area contributed by atoms with E-state index in [4.69, 9.17) is 18.7 Å². The highest BCUT2D eigenvalue weighted by molar-refractivity contribution is 5.80. The van der Waals surface area contributed by atoms with Gasteiger partial charge < -0.3 is 18.7 Å². The second-order valence-electron chi connectivity index (χ2n) is 6.62. The number of H-pyrrole nitrogens is 1. The molecule has 11 nitrogen and oxygen atoms in total. The van der Waals surface area contributed by atoms with Crippen molar-refractivity contribution in [2.75, 3.05) is 14.2 Å². The number of aromatic amines is 1. The standard InChI is InChI=1S/C21H18N4O7/c1-29-12-7-8-15(16(9-12)30-2)19-22-17(32-24-19)11-31-18(26)10-25-21(28)14-6-4-3-5-13(14)20(27)23-25/h3-9H,10-11H2,1-2H3,(H,23,27). The van der Waals surface area contributed by atoms with E-state index < -0.39 is 23.6 Å². The molecule has 0 atom stereocenters. The summed E-state index contributed by atoms with van der Waals surface area (Å²) >= 11 is 0. The molecule has 11 heteroatoms. The Balaban J connectivity index is 1.46. The summed E-state index contributed by atoms with van der Waals surface area (Å²) in [5.74, 6) is 0.606. The molecule has 164 valence electrons. The first kappa shape index (κ1) is 20.8. The fourth-order valence-electron chi connectivity index (χ4n) is 3.08. The van der Waals surface area contributed by atoms with Crippen molar-refractivity contribution in [1.29, 1.82) is 0 Å². The van der Waals surface area contributed by atoms with Gasteiger partial charge in [0.1, 0.15) is 18.0 Å². The fraction of sp³-hybridized carbons (Fsp3) is 0.190. The number of carbonyl (C=O) groups excluding carboxylic acids is 1. The fourth-order valence-corrected chi connectivity index (χ4v) is 3.08. The van der Waals surface area contributed by atoms with Crippen LogP contribution in [0.2, 0.25) is 0 Å². The first-order chi connectivity index (χ1) is 15.5. The average molecular weight is 438 g/mol. The molecule has 0 bridgehead atoms. The molecule has 4 aromatic rings. The molecule has 0 unspecified atom stereocenters. The maximum Gasteiger partial charge on any atom is 0.328 e. The Morgan fingerprint density at radius 3 is 2.62 bits per heavy atom. The number of esters is 1. The van der Waals surface area contributed by atoms with Crippen LogP contribution in [-0.2, 0) is 22.7 Å². The van der Waals surface area contributed by atoms with E-state index in [1.54, 1.807) is 30.3 Å². The van der Waals surface area contributed by atoms with Gasteiger partial charge in [-0.3, -0.25) is 19.5 Å². The lowest BCUT2D eigenvalue weighted by Crippen LogP contribution is -2.32. The van der Waals surface area contributed by atoms with Gasteiger partial charge in [0.05, 0.1) is 30.6 Å². The van der Waals surface area contributed by atoms with Gasteiger partial charge in [-0.15, -0.1) is 0 Å². The van der Waals surface area contributed by atoms with Crippen LogP contribution >= 0.6 is 0 Å². The van der Waals surface area contributed by atoms with E-state index in [-0.39, 0.29) is 29.1 Å². The van der Waals surface area contributed by atoms with Crippen LogP contribution in [-0.4, -0.2) is 40.1 Å². The van der Waals surface area contributed by atoms with Gasteiger partial charge in [0.25, 0.3) is 17.0 Å². The predicted octanol–water partition coefficient (Wildman–Crippen LogP) is 1.50. The van der Waals surface area contributed by atoms with Gasteiger partial charge in [0, 0.05) is 6.07 Å². The van der Waals surface area contributed by atoms with E-state index in [1.165, 1.54) is 26.4 Å². The van der Waals surface area contributed by atoms with Crippen molar-refractivity contribution in [3.63, 3.8) is 0 Å². The van der Waals surface area contributed by atoms with E-state index in [9.17, 15) is 14.4 Å². The van der Waals surface area contributed by atoms with Crippen molar-refractivity contribution in [1.82, 2.24) is 19.9 Å². The van der Waals surface area contributed by atoms with Crippen LogP contribution in [0.5, 0.6) is 11.5 Å². The van der Waals surface area contributed by atoms with Crippen molar-refractivity contribution < 1.29 is 23.5 Å². The summed E-state index contributed by atoms with van der Waals surface area (Å²) < 4.78 is 21.6. The number of aromatic nitrogens is 4. The number of hydrogen-bond acceptors (Lipinski definition) is 9. The molecule has 0 saturated carbocycles. The Morgan fingerprint density at radius 2 is 1.88 bits per heavy atom. The van der Waals surface area contributed by atoms with E-state index >= 15 is 0 Å². The van der Waals surface area contributed by atoms with Gasteiger partial charge in [-0.2, -0.15) is 4.98 Å². The Kier molecular flexibility index (Phi) is 5.71. The Hall–Kier alpha value is -4.41. The number of benzene rings is 2. The summed E-state index contributed by atoms with van der Waals surface area (Å²) in [5, 5.41) is 6.69. The monoisotopic (exact) mass is 438 g/mol. The van der Waals surface area contributed by atoms with E-state index in [0.717, 1.165) is 4.68 Å². The van der Waals surface area contributed by atoms with Crippen molar-refractivity contribution >= 4 is 16.7 Å².